The lowest BCUT2D eigenvalue weighted by Crippen LogP contribution is -2.47. The highest BCUT2D eigenvalue weighted by Crippen LogP contribution is 2.40. The molecule has 7 nitrogen and oxygen atoms in total. The van der Waals surface area contributed by atoms with Gasteiger partial charge in [0.1, 0.15) is 5.70 Å². The summed E-state index contributed by atoms with van der Waals surface area (Å²) in [6.07, 6.45) is 0. The fourth-order valence-electron chi connectivity index (χ4n) is 4.69. The van der Waals surface area contributed by atoms with Crippen molar-refractivity contribution in [1.29, 1.82) is 0 Å². The Hall–Kier alpha value is -3.32. The third-order valence-electron chi connectivity index (χ3n) is 6.46. The van der Waals surface area contributed by atoms with Crippen molar-refractivity contribution in [2.45, 2.75) is 20.8 Å². The van der Waals surface area contributed by atoms with E-state index in [2.05, 4.69) is 22.8 Å². The number of carbonyl (C=O) groups excluding carboxylic acids is 2. The zero-order chi connectivity index (χ0) is 22.4. The lowest BCUT2D eigenvalue weighted by Gasteiger charge is -2.36. The van der Waals surface area contributed by atoms with Crippen molar-refractivity contribution in [3.05, 3.63) is 58.8 Å². The molecule has 0 atom stereocenters. The van der Waals surface area contributed by atoms with E-state index < -0.39 is 0 Å². The van der Waals surface area contributed by atoms with Crippen molar-refractivity contribution in [3.63, 3.8) is 0 Å². The van der Waals surface area contributed by atoms with Crippen LogP contribution in [0.25, 0.3) is 5.57 Å². The van der Waals surface area contributed by atoms with Crippen LogP contribution in [0.4, 0.5) is 5.69 Å². The van der Waals surface area contributed by atoms with Crippen LogP contribution in [-0.4, -0.2) is 61.1 Å². The van der Waals surface area contributed by atoms with Gasteiger partial charge >= 0.3 is 0 Å². The highest BCUT2D eigenvalue weighted by Gasteiger charge is 2.43. The number of likely N-dealkylation sites (N-methyl/N-ethyl adjacent to an activating group) is 1. The van der Waals surface area contributed by atoms with Crippen molar-refractivity contribution in [3.8, 4) is 11.5 Å². The number of carbonyl (C=O) groups is 2. The summed E-state index contributed by atoms with van der Waals surface area (Å²) >= 11 is 0. The number of rotatable bonds is 4. The third kappa shape index (κ3) is 3.33. The van der Waals surface area contributed by atoms with Crippen LogP contribution in [0, 0.1) is 13.8 Å². The summed E-state index contributed by atoms with van der Waals surface area (Å²) in [6, 6.07) is 11.2. The van der Waals surface area contributed by atoms with Gasteiger partial charge in [-0.15, -0.1) is 0 Å². The molecule has 0 aromatic heterocycles. The Morgan fingerprint density at radius 2 is 1.62 bits per heavy atom. The summed E-state index contributed by atoms with van der Waals surface area (Å²) in [7, 11) is 0. The molecule has 5 rings (SSSR count). The van der Waals surface area contributed by atoms with Crippen molar-refractivity contribution in [1.82, 2.24) is 9.80 Å². The van der Waals surface area contributed by atoms with Crippen LogP contribution in [0.5, 0.6) is 11.5 Å². The highest BCUT2D eigenvalue weighted by molar-refractivity contribution is 6.45. The molecule has 0 spiro atoms. The number of piperazine rings is 1. The highest BCUT2D eigenvalue weighted by atomic mass is 16.7. The second-order valence-corrected chi connectivity index (χ2v) is 8.45. The molecule has 2 aromatic carbocycles. The van der Waals surface area contributed by atoms with Gasteiger partial charge in [0.05, 0.1) is 11.3 Å². The van der Waals surface area contributed by atoms with Gasteiger partial charge < -0.3 is 19.3 Å². The van der Waals surface area contributed by atoms with Crippen LogP contribution in [-0.2, 0) is 9.59 Å². The van der Waals surface area contributed by atoms with Gasteiger partial charge in [-0.3, -0.25) is 9.59 Å². The Morgan fingerprint density at radius 3 is 2.34 bits per heavy atom. The van der Waals surface area contributed by atoms with Crippen LogP contribution in [0.1, 0.15) is 23.6 Å². The summed E-state index contributed by atoms with van der Waals surface area (Å²) in [4.78, 5) is 33.2. The Bertz CT molecular complexity index is 1130. The molecule has 32 heavy (non-hydrogen) atoms. The maximum Gasteiger partial charge on any atom is 0.282 e. The number of anilines is 1. The number of fused-ring (bicyclic) bond motifs is 1. The number of hydrogen-bond donors (Lipinski definition) is 0. The average Bonchev–Trinajstić information content (AvgIpc) is 3.35. The van der Waals surface area contributed by atoms with E-state index in [0.717, 1.165) is 36.3 Å². The van der Waals surface area contributed by atoms with E-state index in [-0.39, 0.29) is 18.6 Å². The molecule has 1 saturated heterocycles. The molecular weight excluding hydrogens is 406 g/mol. The Kier molecular flexibility index (Phi) is 5.13. The molecule has 0 N–H and O–H groups in total. The van der Waals surface area contributed by atoms with Gasteiger partial charge in [-0.05, 0) is 43.7 Å². The zero-order valence-electron chi connectivity index (χ0n) is 18.7. The molecule has 3 heterocycles. The third-order valence-corrected chi connectivity index (χ3v) is 6.46. The molecule has 1 fully saturated rings. The van der Waals surface area contributed by atoms with Crippen LogP contribution in [0.15, 0.2) is 42.1 Å². The first kappa shape index (κ1) is 20.6. The first-order valence-corrected chi connectivity index (χ1v) is 11.1. The number of hydrogen-bond acceptors (Lipinski definition) is 6. The molecule has 2 amide bonds. The van der Waals surface area contributed by atoms with Gasteiger partial charge in [-0.1, -0.05) is 30.7 Å². The standard InChI is InChI=1S/C25H27N3O4/c1-4-26-9-11-27(12-10-26)23-22(19-7-5-16(2)13-17(19)3)24(29)28(25(23)30)18-6-8-20-21(14-18)32-15-31-20/h5-8,13-14H,4,9-12,15H2,1-3H3. The number of benzene rings is 2. The largest absolute Gasteiger partial charge is 0.454 e. The summed E-state index contributed by atoms with van der Waals surface area (Å²) < 4.78 is 10.9. The number of nitrogens with zero attached hydrogens (tertiary/aromatic N) is 3. The zero-order valence-corrected chi connectivity index (χ0v) is 18.7. The summed E-state index contributed by atoms with van der Waals surface area (Å²) in [5.41, 5.74) is 4.39. The predicted molar refractivity (Wildman–Crippen MR) is 122 cm³/mol. The van der Waals surface area contributed by atoms with E-state index in [0.29, 0.717) is 41.5 Å². The molecule has 0 saturated carbocycles. The van der Waals surface area contributed by atoms with Gasteiger partial charge in [-0.2, -0.15) is 0 Å². The Balaban J connectivity index is 1.59. The fourth-order valence-corrected chi connectivity index (χ4v) is 4.69. The SMILES string of the molecule is CCN1CCN(C2=C(c3ccc(C)cc3C)C(=O)N(c3ccc4c(c3)OCO4)C2=O)CC1. The van der Waals surface area contributed by atoms with Gasteiger partial charge in [0.15, 0.2) is 11.5 Å². The molecule has 7 heteroatoms. The average molecular weight is 434 g/mol. The molecule has 166 valence electrons. The molecular formula is C25H27N3O4. The Morgan fingerprint density at radius 1 is 0.875 bits per heavy atom. The van der Waals surface area contributed by atoms with Crippen LogP contribution >= 0.6 is 0 Å². The summed E-state index contributed by atoms with van der Waals surface area (Å²) in [5.74, 6) is 0.579. The minimum absolute atomic E-state index is 0.139. The number of aryl methyl sites for hydroxylation is 2. The first-order valence-electron chi connectivity index (χ1n) is 11.1. The van der Waals surface area contributed by atoms with E-state index in [4.69, 9.17) is 9.47 Å². The monoisotopic (exact) mass is 433 g/mol. The lowest BCUT2D eigenvalue weighted by atomic mass is 9.97. The smallest absolute Gasteiger partial charge is 0.282 e. The first-order chi connectivity index (χ1) is 15.5. The molecule has 0 unspecified atom stereocenters. The van der Waals surface area contributed by atoms with Gasteiger partial charge in [0.25, 0.3) is 11.8 Å². The van der Waals surface area contributed by atoms with Crippen LogP contribution in [0.3, 0.4) is 0 Å². The van der Waals surface area contributed by atoms with Crippen LogP contribution in [0.2, 0.25) is 0 Å². The maximum atomic E-state index is 13.8. The maximum absolute atomic E-state index is 13.8. The predicted octanol–water partition coefficient (Wildman–Crippen LogP) is 2.95. The van der Waals surface area contributed by atoms with E-state index in [1.54, 1.807) is 18.2 Å². The summed E-state index contributed by atoms with van der Waals surface area (Å²) in [6.45, 7) is 10.4. The van der Waals surface area contributed by atoms with Crippen molar-refractivity contribution in [2.75, 3.05) is 44.4 Å². The lowest BCUT2D eigenvalue weighted by molar-refractivity contribution is -0.120. The van der Waals surface area contributed by atoms with Gasteiger partial charge in [0.2, 0.25) is 6.79 Å². The van der Waals surface area contributed by atoms with Crippen molar-refractivity contribution >= 4 is 23.1 Å². The van der Waals surface area contributed by atoms with Crippen molar-refractivity contribution in [2.24, 2.45) is 0 Å². The normalized spacial score (nSPS) is 18.8. The molecule has 0 aliphatic carbocycles. The second kappa shape index (κ2) is 7.98. The van der Waals surface area contributed by atoms with Gasteiger partial charge in [-0.25, -0.2) is 4.90 Å². The molecule has 3 aliphatic rings. The van der Waals surface area contributed by atoms with E-state index in [1.807, 2.05) is 26.0 Å². The van der Waals surface area contributed by atoms with Gasteiger partial charge in [0, 0.05) is 32.2 Å². The van der Waals surface area contributed by atoms with E-state index in [1.165, 1.54) is 4.90 Å². The molecule has 0 radical (unpaired) electrons. The van der Waals surface area contributed by atoms with E-state index >= 15 is 0 Å². The van der Waals surface area contributed by atoms with Crippen LogP contribution < -0.4 is 14.4 Å². The minimum Gasteiger partial charge on any atom is -0.454 e. The number of imide groups is 1. The summed E-state index contributed by atoms with van der Waals surface area (Å²) in [5, 5.41) is 0. The topological polar surface area (TPSA) is 62.3 Å². The van der Waals surface area contributed by atoms with Crippen molar-refractivity contribution < 1.29 is 19.1 Å². The molecule has 3 aliphatic heterocycles. The minimum atomic E-state index is -0.297. The fraction of sp³-hybridized carbons (Fsp3) is 0.360. The number of amides is 2. The Labute approximate surface area is 187 Å². The number of ether oxygens (including phenoxy) is 2. The van der Waals surface area contributed by atoms with E-state index in [9.17, 15) is 9.59 Å². The quantitative estimate of drug-likeness (QED) is 0.691. The molecule has 0 bridgehead atoms. The molecule has 2 aromatic rings. The second-order valence-electron chi connectivity index (χ2n) is 8.45.